The molecule has 0 saturated carbocycles. The van der Waals surface area contributed by atoms with Crippen molar-refractivity contribution >= 4 is 17.6 Å². The quantitative estimate of drug-likeness (QED) is 0.591. The molecule has 0 radical (unpaired) electrons. The van der Waals surface area contributed by atoms with E-state index in [2.05, 4.69) is 4.74 Å². The molecule has 0 saturated heterocycles. The molecule has 0 N–H and O–H groups in total. The largest absolute Gasteiger partial charge is 0.459 e. The summed E-state index contributed by atoms with van der Waals surface area (Å²) in [6.07, 6.45) is -3.49. The van der Waals surface area contributed by atoms with E-state index in [-0.39, 0.29) is 13.2 Å². The molecule has 1 amide bonds. The number of esters is 1. The van der Waals surface area contributed by atoms with Gasteiger partial charge in [0.1, 0.15) is 0 Å². The molecular formula is C14H14F3NO3. The molecule has 1 heterocycles. The summed E-state index contributed by atoms with van der Waals surface area (Å²) < 4.78 is 42.7. The van der Waals surface area contributed by atoms with Crippen LogP contribution in [0.3, 0.4) is 0 Å². The lowest BCUT2D eigenvalue weighted by Gasteiger charge is -2.29. The van der Waals surface area contributed by atoms with E-state index in [1.807, 2.05) is 0 Å². The number of amides is 1. The number of halogens is 3. The molecule has 0 spiro atoms. The summed E-state index contributed by atoms with van der Waals surface area (Å²) >= 11 is 0. The Morgan fingerprint density at radius 2 is 2.05 bits per heavy atom. The summed E-state index contributed by atoms with van der Waals surface area (Å²) in [5.41, 5.74) is -0.00675. The van der Waals surface area contributed by atoms with E-state index in [0.29, 0.717) is 24.1 Å². The zero-order valence-corrected chi connectivity index (χ0v) is 11.4. The molecule has 2 rings (SSSR count). The second-order valence-electron chi connectivity index (χ2n) is 4.62. The molecule has 7 heteroatoms. The fraction of sp³-hybridized carbons (Fsp3) is 0.429. The fourth-order valence-corrected chi connectivity index (χ4v) is 2.29. The molecule has 0 unspecified atom stereocenters. The van der Waals surface area contributed by atoms with Crippen LogP contribution in [0.4, 0.5) is 18.9 Å². The van der Waals surface area contributed by atoms with Crippen molar-refractivity contribution in [3.63, 3.8) is 0 Å². The van der Waals surface area contributed by atoms with Crippen LogP contribution in [0.15, 0.2) is 18.2 Å². The SMILES string of the molecule is CCOC(=O)C(=O)N1CCCc2cc(C(F)(F)F)ccc21. The van der Waals surface area contributed by atoms with Crippen LogP contribution in [0.25, 0.3) is 0 Å². The van der Waals surface area contributed by atoms with Crippen molar-refractivity contribution in [1.29, 1.82) is 0 Å². The molecule has 0 aromatic heterocycles. The van der Waals surface area contributed by atoms with Crippen molar-refractivity contribution in [3.05, 3.63) is 29.3 Å². The number of ether oxygens (including phenoxy) is 1. The Bertz CT molecular complexity index is 569. The normalized spacial score (nSPS) is 14.6. The molecule has 21 heavy (non-hydrogen) atoms. The Hall–Kier alpha value is -2.05. The molecule has 4 nitrogen and oxygen atoms in total. The second kappa shape index (κ2) is 5.75. The first-order valence-corrected chi connectivity index (χ1v) is 6.53. The van der Waals surface area contributed by atoms with Gasteiger partial charge in [0, 0.05) is 12.2 Å². The minimum Gasteiger partial charge on any atom is -0.459 e. The number of carbonyl (C=O) groups is 2. The van der Waals surface area contributed by atoms with Gasteiger partial charge in [-0.15, -0.1) is 0 Å². The standard InChI is InChI=1S/C14H14F3NO3/c1-2-21-13(20)12(19)18-7-3-4-9-8-10(14(15,16)17)5-6-11(9)18/h5-6,8H,2-4,7H2,1H3. The third-order valence-corrected chi connectivity index (χ3v) is 3.22. The number of fused-ring (bicyclic) bond motifs is 1. The first-order chi connectivity index (χ1) is 9.84. The first kappa shape index (κ1) is 15.3. The van der Waals surface area contributed by atoms with Crippen molar-refractivity contribution in [1.82, 2.24) is 0 Å². The third kappa shape index (κ3) is 3.17. The summed E-state index contributed by atoms with van der Waals surface area (Å²) in [4.78, 5) is 24.6. The van der Waals surface area contributed by atoms with E-state index in [0.717, 1.165) is 12.1 Å². The smallest absolute Gasteiger partial charge is 0.416 e. The van der Waals surface area contributed by atoms with E-state index in [1.54, 1.807) is 6.92 Å². The lowest BCUT2D eigenvalue weighted by molar-refractivity contribution is -0.153. The molecular weight excluding hydrogens is 287 g/mol. The minimum atomic E-state index is -4.43. The highest BCUT2D eigenvalue weighted by molar-refractivity contribution is 6.38. The van der Waals surface area contributed by atoms with E-state index in [4.69, 9.17) is 0 Å². The van der Waals surface area contributed by atoms with Crippen LogP contribution in [0, 0.1) is 0 Å². The van der Waals surface area contributed by atoms with E-state index in [1.165, 1.54) is 11.0 Å². The number of carbonyl (C=O) groups excluding carboxylic acids is 2. The van der Waals surface area contributed by atoms with E-state index in [9.17, 15) is 22.8 Å². The van der Waals surface area contributed by atoms with Gasteiger partial charge in [0.05, 0.1) is 12.2 Å². The molecule has 1 aromatic carbocycles. The van der Waals surface area contributed by atoms with E-state index >= 15 is 0 Å². The van der Waals surface area contributed by atoms with Crippen LogP contribution in [-0.2, 0) is 26.9 Å². The number of aryl methyl sites for hydroxylation is 1. The fourth-order valence-electron chi connectivity index (χ4n) is 2.29. The highest BCUT2D eigenvalue weighted by atomic mass is 19.4. The zero-order chi connectivity index (χ0) is 15.6. The lowest BCUT2D eigenvalue weighted by Crippen LogP contribution is -2.41. The van der Waals surface area contributed by atoms with Gasteiger partial charge in [0.2, 0.25) is 0 Å². The lowest BCUT2D eigenvalue weighted by atomic mass is 9.99. The summed E-state index contributed by atoms with van der Waals surface area (Å²) in [7, 11) is 0. The maximum absolute atomic E-state index is 12.7. The van der Waals surface area contributed by atoms with E-state index < -0.39 is 23.6 Å². The molecule has 0 fully saturated rings. The number of hydrogen-bond acceptors (Lipinski definition) is 3. The van der Waals surface area contributed by atoms with Gasteiger partial charge in [-0.3, -0.25) is 4.79 Å². The Balaban J connectivity index is 2.32. The number of alkyl halides is 3. The highest BCUT2D eigenvalue weighted by Crippen LogP contribution is 2.35. The van der Waals surface area contributed by atoms with Crippen molar-refractivity contribution < 1.29 is 27.5 Å². The molecule has 114 valence electrons. The van der Waals surface area contributed by atoms with Gasteiger partial charge in [0.25, 0.3) is 0 Å². The van der Waals surface area contributed by atoms with Gasteiger partial charge in [-0.2, -0.15) is 13.2 Å². The van der Waals surface area contributed by atoms with Gasteiger partial charge in [0.15, 0.2) is 0 Å². The number of rotatable bonds is 1. The van der Waals surface area contributed by atoms with Gasteiger partial charge < -0.3 is 9.64 Å². The van der Waals surface area contributed by atoms with Crippen LogP contribution in [0.5, 0.6) is 0 Å². The van der Waals surface area contributed by atoms with Crippen LogP contribution >= 0.6 is 0 Å². The first-order valence-electron chi connectivity index (χ1n) is 6.53. The molecule has 0 aliphatic carbocycles. The summed E-state index contributed by atoms with van der Waals surface area (Å²) in [5, 5.41) is 0. The van der Waals surface area contributed by atoms with Crippen molar-refractivity contribution in [2.45, 2.75) is 25.9 Å². The van der Waals surface area contributed by atoms with Gasteiger partial charge in [-0.05, 0) is 43.5 Å². The summed E-state index contributed by atoms with van der Waals surface area (Å²) in [5.74, 6) is -1.84. The minimum absolute atomic E-state index is 0.0677. The van der Waals surface area contributed by atoms with Gasteiger partial charge in [-0.25, -0.2) is 4.79 Å². The molecule has 0 atom stereocenters. The predicted octanol–water partition coefficient (Wildman–Crippen LogP) is 2.55. The number of hydrogen-bond donors (Lipinski definition) is 0. The maximum Gasteiger partial charge on any atom is 0.416 e. The molecule has 1 aliphatic heterocycles. The zero-order valence-electron chi connectivity index (χ0n) is 11.4. The average Bonchev–Trinajstić information content (AvgIpc) is 2.44. The third-order valence-electron chi connectivity index (χ3n) is 3.22. The highest BCUT2D eigenvalue weighted by Gasteiger charge is 2.33. The van der Waals surface area contributed by atoms with Crippen molar-refractivity contribution in [3.8, 4) is 0 Å². The number of anilines is 1. The number of nitrogens with zero attached hydrogens (tertiary/aromatic N) is 1. The molecule has 1 aromatic rings. The molecule has 1 aliphatic rings. The van der Waals surface area contributed by atoms with Crippen LogP contribution in [0.1, 0.15) is 24.5 Å². The number of benzene rings is 1. The Kier molecular flexibility index (Phi) is 4.20. The van der Waals surface area contributed by atoms with Gasteiger partial charge >= 0.3 is 18.1 Å². The van der Waals surface area contributed by atoms with Gasteiger partial charge in [-0.1, -0.05) is 0 Å². The Morgan fingerprint density at radius 1 is 1.33 bits per heavy atom. The topological polar surface area (TPSA) is 46.6 Å². The van der Waals surface area contributed by atoms with Crippen LogP contribution in [0.2, 0.25) is 0 Å². The predicted molar refractivity (Wildman–Crippen MR) is 68.8 cm³/mol. The molecule has 0 bridgehead atoms. The van der Waals surface area contributed by atoms with Crippen LogP contribution < -0.4 is 4.90 Å². The average molecular weight is 301 g/mol. The summed E-state index contributed by atoms with van der Waals surface area (Å²) in [6, 6.07) is 3.17. The van der Waals surface area contributed by atoms with Crippen molar-refractivity contribution in [2.24, 2.45) is 0 Å². The monoisotopic (exact) mass is 301 g/mol. The van der Waals surface area contributed by atoms with Crippen LogP contribution in [-0.4, -0.2) is 25.0 Å². The van der Waals surface area contributed by atoms with Crippen molar-refractivity contribution in [2.75, 3.05) is 18.1 Å². The second-order valence-corrected chi connectivity index (χ2v) is 4.62. The summed E-state index contributed by atoms with van der Waals surface area (Å²) in [6.45, 7) is 1.93. The Morgan fingerprint density at radius 3 is 2.67 bits per heavy atom. The maximum atomic E-state index is 12.7. The Labute approximate surface area is 119 Å².